The van der Waals surface area contributed by atoms with E-state index < -0.39 is 34.2 Å². The fraction of sp³-hybridized carbons (Fsp3) is 0.958. The van der Waals surface area contributed by atoms with Crippen molar-refractivity contribution in [2.75, 3.05) is 72.7 Å². The summed E-state index contributed by atoms with van der Waals surface area (Å²) in [4.78, 5) is 0. The maximum absolute atomic E-state index is 9.04. The van der Waals surface area contributed by atoms with Gasteiger partial charge >= 0.3 is 34.2 Å². The van der Waals surface area contributed by atoms with Crippen LogP contribution in [0.25, 0.3) is 0 Å². The Morgan fingerprint density at radius 2 is 0.725 bits per heavy atom. The maximum Gasteiger partial charge on any atom is 0.317 e. The summed E-state index contributed by atoms with van der Waals surface area (Å²) in [5, 5.41) is 27.1. The van der Waals surface area contributed by atoms with Gasteiger partial charge in [0.15, 0.2) is 0 Å². The van der Waals surface area contributed by atoms with Gasteiger partial charge in [-0.15, -0.1) is 0 Å². The molecule has 16 heteroatoms. The van der Waals surface area contributed by atoms with Crippen LogP contribution in [0.1, 0.15) is 25.7 Å². The molecule has 0 aromatic carbocycles. The van der Waals surface area contributed by atoms with Crippen LogP contribution in [0.3, 0.4) is 0 Å². The van der Waals surface area contributed by atoms with Crippen LogP contribution in [0, 0.1) is 6.92 Å². The fourth-order valence-corrected chi connectivity index (χ4v) is 28.1. The molecule has 1 aliphatic rings. The Kier molecular flexibility index (Phi) is 20.9. The molecule has 0 aromatic rings. The number of hydrogen-bond acceptors (Lipinski definition) is 11. The molecule has 0 spiro atoms. The van der Waals surface area contributed by atoms with Crippen molar-refractivity contribution >= 4 is 34.2 Å². The molecule has 1 aliphatic heterocycles. The molecule has 1 saturated heterocycles. The van der Waals surface area contributed by atoms with Gasteiger partial charge in [0.25, 0.3) is 0 Å². The second-order valence-corrected chi connectivity index (χ2v) is 24.8. The Morgan fingerprint density at radius 3 is 0.950 bits per heavy atom. The summed E-state index contributed by atoms with van der Waals surface area (Å²) in [6.45, 7) is 15.8. The van der Waals surface area contributed by atoms with Crippen LogP contribution in [0.15, 0.2) is 0 Å². The van der Waals surface area contributed by atoms with E-state index in [1.54, 1.807) is 0 Å². The fourth-order valence-electron chi connectivity index (χ4n) is 4.90. The molecule has 0 amide bonds. The Morgan fingerprint density at radius 1 is 0.475 bits per heavy atom. The van der Waals surface area contributed by atoms with Crippen molar-refractivity contribution in [3.63, 3.8) is 0 Å². The Hall–Kier alpha value is -0.572. The molecule has 0 bridgehead atoms. The van der Waals surface area contributed by atoms with Crippen LogP contribution < -0.4 is 0 Å². The summed E-state index contributed by atoms with van der Waals surface area (Å²) < 4.78 is 50.3. The topological polar surface area (TPSA) is 135 Å². The van der Waals surface area contributed by atoms with Gasteiger partial charge in [0.1, 0.15) is 0 Å². The molecule has 2 atom stereocenters. The third-order valence-electron chi connectivity index (χ3n) is 6.26. The minimum atomic E-state index is -2.75. The van der Waals surface area contributed by atoms with Crippen LogP contribution in [0.4, 0.5) is 0 Å². The van der Waals surface area contributed by atoms with Gasteiger partial charge in [-0.1, -0.05) is 6.61 Å². The molecule has 3 N–H and O–H groups in total. The van der Waals surface area contributed by atoms with Crippen molar-refractivity contribution in [3.05, 3.63) is 6.92 Å². The smallest absolute Gasteiger partial charge is 0.317 e. The zero-order valence-electron chi connectivity index (χ0n) is 25.5. The van der Waals surface area contributed by atoms with Gasteiger partial charge in [0.05, 0.1) is 39.6 Å². The van der Waals surface area contributed by atoms with Crippen molar-refractivity contribution in [2.45, 2.75) is 76.0 Å². The second kappa shape index (κ2) is 21.2. The summed E-state index contributed by atoms with van der Waals surface area (Å²) in [5.41, 5.74) is 0. The van der Waals surface area contributed by atoms with E-state index in [0.29, 0.717) is 52.9 Å². The first-order valence-electron chi connectivity index (χ1n) is 14.3. The zero-order chi connectivity index (χ0) is 29.1. The average molecular weight is 899 g/mol. The molecule has 2 unspecified atom stereocenters. The van der Waals surface area contributed by atoms with E-state index in [1.807, 2.05) is 0 Å². The number of rotatable bonds is 23. The molecular weight excluding hydrogens is 844 g/mol. The van der Waals surface area contributed by atoms with Crippen LogP contribution in [0.2, 0.25) is 50.4 Å². The molecule has 236 valence electrons. The van der Waals surface area contributed by atoms with Gasteiger partial charge in [-0.05, 0) is 76.0 Å². The predicted octanol–water partition coefficient (Wildman–Crippen LogP) is 2.79. The van der Waals surface area contributed by atoms with E-state index in [2.05, 4.69) is 33.1 Å². The Balaban J connectivity index is 0.0000152. The van der Waals surface area contributed by atoms with Crippen molar-refractivity contribution in [1.82, 2.24) is 0 Å². The van der Waals surface area contributed by atoms with Crippen molar-refractivity contribution < 1.29 is 50.7 Å². The molecule has 40 heavy (non-hydrogen) atoms. The zero-order valence-corrected chi connectivity index (χ0v) is 35.9. The first kappa shape index (κ1) is 39.4. The Bertz CT molecular complexity index is 599. The third-order valence-corrected chi connectivity index (χ3v) is 25.1. The molecular formula is C24H55O11RfSi4-. The monoisotopic (exact) mass is 898 g/mol. The van der Waals surface area contributed by atoms with Crippen LogP contribution >= 0.6 is 0 Å². The van der Waals surface area contributed by atoms with Gasteiger partial charge in [0, 0.05) is 26.4 Å². The number of hydrogen-bond donors (Lipinski definition) is 3. The number of aliphatic hydroxyl groups is 3. The molecule has 0 aliphatic carbocycles. The van der Waals surface area contributed by atoms with E-state index in [0.717, 1.165) is 49.9 Å². The van der Waals surface area contributed by atoms with Gasteiger partial charge in [-0.2, -0.15) is 0 Å². The summed E-state index contributed by atoms with van der Waals surface area (Å²) in [5.74, 6) is 0. The summed E-state index contributed by atoms with van der Waals surface area (Å²) in [7, 11) is -10.9. The second-order valence-electron chi connectivity index (χ2n) is 10.5. The quantitative estimate of drug-likeness (QED) is 0.0795. The van der Waals surface area contributed by atoms with Gasteiger partial charge < -0.3 is 57.7 Å². The first-order valence-corrected chi connectivity index (χ1v) is 24.4. The van der Waals surface area contributed by atoms with Gasteiger partial charge in [0.2, 0.25) is 0 Å². The van der Waals surface area contributed by atoms with E-state index >= 15 is 0 Å². The molecule has 11 nitrogen and oxygen atoms in total. The SMILES string of the molecule is [CH2-]COCCC[Si]1(C)O[Si](C)(CCCOCCO)O[Si](C)(CCCOCCO)O[Si](C)(CCCOCCO)O1.[Rf]. The van der Waals surface area contributed by atoms with Crippen molar-refractivity contribution in [3.8, 4) is 0 Å². The van der Waals surface area contributed by atoms with Crippen LogP contribution in [-0.4, -0.2) is 122 Å². The van der Waals surface area contributed by atoms with Gasteiger partial charge in [-0.25, -0.2) is 0 Å². The van der Waals surface area contributed by atoms with E-state index in [4.69, 9.17) is 50.7 Å². The van der Waals surface area contributed by atoms with Crippen LogP contribution in [-0.2, 0) is 35.4 Å². The van der Waals surface area contributed by atoms with Crippen molar-refractivity contribution in [2.24, 2.45) is 0 Å². The Labute approximate surface area is 240 Å². The molecule has 0 saturated carbocycles. The molecule has 0 aromatic heterocycles. The molecule has 1 fully saturated rings. The predicted molar refractivity (Wildman–Crippen MR) is 158 cm³/mol. The maximum atomic E-state index is 9.04. The summed E-state index contributed by atoms with van der Waals surface area (Å²) in [6, 6.07) is 2.97. The number of ether oxygens (including phenoxy) is 4. The normalized spacial score (nSPS) is 29.1. The molecule has 1 rings (SSSR count). The van der Waals surface area contributed by atoms with Crippen LogP contribution in [0.5, 0.6) is 0 Å². The number of aliphatic hydroxyl groups excluding tert-OH is 3. The average Bonchev–Trinajstić information content (AvgIpc) is 2.85. The van der Waals surface area contributed by atoms with Gasteiger partial charge in [-0.3, -0.25) is 0 Å². The summed E-state index contributed by atoms with van der Waals surface area (Å²) >= 11 is 0. The van der Waals surface area contributed by atoms with E-state index in [1.165, 1.54) is 0 Å². The summed E-state index contributed by atoms with van der Waals surface area (Å²) in [6.07, 6.45) is 3.09. The van der Waals surface area contributed by atoms with Crippen molar-refractivity contribution in [1.29, 1.82) is 0 Å². The largest absolute Gasteiger partial charge is 0.416 e. The molecule has 0 radical (unpaired) electrons. The standard InChI is InChI=1S/C24H55O11Si4.Rf/c1-6-28-14-7-21-36(2)32-37(3,22-8-15-29-18-11-25)34-39(5,24-10-17-31-20-13-27)35-38(4,33-36)23-9-16-30-19-12-26;/h25-27H,1,6-24H2,2-5H3;/q-1;. The van der Waals surface area contributed by atoms with E-state index in [-0.39, 0.29) is 19.8 Å². The third kappa shape index (κ3) is 16.8. The minimum absolute atomic E-state index is 0. The van der Waals surface area contributed by atoms with E-state index in [9.17, 15) is 0 Å². The molecule has 1 heterocycles. The minimum Gasteiger partial charge on any atom is -0.416 e. The first-order chi connectivity index (χ1) is 18.6.